The summed E-state index contributed by atoms with van der Waals surface area (Å²) in [4.78, 5) is 0.859. The van der Waals surface area contributed by atoms with Crippen LogP contribution in [0.1, 0.15) is 24.1 Å². The molecular weight excluding hydrogens is 346 g/mol. The predicted octanol–water partition coefficient (Wildman–Crippen LogP) is 4.21. The second kappa shape index (κ2) is 7.34. The highest BCUT2D eigenvalue weighted by Crippen LogP contribution is 2.25. The van der Waals surface area contributed by atoms with Crippen LogP contribution in [-0.4, -0.2) is 16.5 Å². The van der Waals surface area contributed by atoms with Crippen LogP contribution in [0, 0.1) is 6.92 Å². The first-order valence-electron chi connectivity index (χ1n) is 6.93. The van der Waals surface area contributed by atoms with Gasteiger partial charge >= 0.3 is 0 Å². The average molecular weight is 366 g/mol. The van der Waals surface area contributed by atoms with Crippen LogP contribution in [0.4, 0.5) is 0 Å². The van der Waals surface area contributed by atoms with Gasteiger partial charge in [0.25, 0.3) is 0 Å². The Morgan fingerprint density at radius 3 is 2.14 bits per heavy atom. The van der Waals surface area contributed by atoms with Crippen LogP contribution >= 0.6 is 15.9 Å². The van der Waals surface area contributed by atoms with Gasteiger partial charge < -0.3 is 5.32 Å². The topological polar surface area (TPSA) is 29.1 Å². The van der Waals surface area contributed by atoms with E-state index < -0.39 is 10.8 Å². The molecule has 1 N–H and O–H groups in total. The van der Waals surface area contributed by atoms with Crippen molar-refractivity contribution >= 4 is 26.7 Å². The molecule has 0 spiro atoms. The standard InChI is InChI=1S/C17H20BrNOS/c1-12-4-6-14(7-5-12)17(19-3)13(2)21(20)16-10-8-15(18)9-11-16/h4-11,13,17,19H,1-3H3. The van der Waals surface area contributed by atoms with E-state index in [-0.39, 0.29) is 11.3 Å². The minimum absolute atomic E-state index is 0.0149. The minimum atomic E-state index is -1.06. The molecule has 2 aromatic carbocycles. The zero-order valence-electron chi connectivity index (χ0n) is 12.5. The number of hydrogen-bond donors (Lipinski definition) is 1. The van der Waals surface area contributed by atoms with Crippen molar-refractivity contribution in [3.63, 3.8) is 0 Å². The van der Waals surface area contributed by atoms with E-state index in [2.05, 4.69) is 52.4 Å². The van der Waals surface area contributed by atoms with E-state index in [0.29, 0.717) is 0 Å². The molecule has 0 aromatic heterocycles. The van der Waals surface area contributed by atoms with E-state index in [0.717, 1.165) is 9.37 Å². The summed E-state index contributed by atoms with van der Waals surface area (Å²) in [5, 5.41) is 3.28. The van der Waals surface area contributed by atoms with Crippen LogP contribution in [0.2, 0.25) is 0 Å². The third kappa shape index (κ3) is 4.02. The maximum atomic E-state index is 12.8. The summed E-state index contributed by atoms with van der Waals surface area (Å²) in [5.74, 6) is 0. The van der Waals surface area contributed by atoms with Gasteiger partial charge in [-0.3, -0.25) is 4.21 Å². The third-order valence-corrected chi connectivity index (χ3v) is 5.81. The molecule has 0 aliphatic heterocycles. The minimum Gasteiger partial charge on any atom is -0.312 e. The maximum Gasteiger partial charge on any atom is 0.0577 e. The zero-order chi connectivity index (χ0) is 15.4. The molecule has 4 heteroatoms. The lowest BCUT2D eigenvalue weighted by atomic mass is 10.0. The number of rotatable bonds is 5. The molecule has 0 aliphatic carbocycles. The third-order valence-electron chi connectivity index (χ3n) is 3.60. The average Bonchev–Trinajstić information content (AvgIpc) is 2.50. The van der Waals surface area contributed by atoms with E-state index in [1.807, 2.05) is 38.2 Å². The highest BCUT2D eigenvalue weighted by atomic mass is 79.9. The summed E-state index contributed by atoms with van der Waals surface area (Å²) in [7, 11) is 0.861. The molecule has 21 heavy (non-hydrogen) atoms. The van der Waals surface area contributed by atoms with Gasteiger partial charge in [-0.05, 0) is 50.7 Å². The molecule has 0 bridgehead atoms. The van der Waals surface area contributed by atoms with Gasteiger partial charge in [0, 0.05) is 15.4 Å². The summed E-state index contributed by atoms with van der Waals surface area (Å²) in [6.45, 7) is 4.10. The Labute approximate surface area is 137 Å². The molecular formula is C17H20BrNOS. The van der Waals surface area contributed by atoms with Crippen molar-refractivity contribution in [3.8, 4) is 0 Å². The molecule has 112 valence electrons. The molecule has 2 nitrogen and oxygen atoms in total. The Morgan fingerprint density at radius 1 is 1.05 bits per heavy atom. The van der Waals surface area contributed by atoms with E-state index in [1.165, 1.54) is 11.1 Å². The zero-order valence-corrected chi connectivity index (χ0v) is 14.9. The molecule has 0 saturated carbocycles. The monoisotopic (exact) mass is 365 g/mol. The van der Waals surface area contributed by atoms with Gasteiger partial charge in [0.15, 0.2) is 0 Å². The van der Waals surface area contributed by atoms with Gasteiger partial charge in [-0.1, -0.05) is 45.8 Å². The summed E-state index contributed by atoms with van der Waals surface area (Å²) in [6.07, 6.45) is 0. The van der Waals surface area contributed by atoms with Gasteiger partial charge in [-0.2, -0.15) is 0 Å². The van der Waals surface area contributed by atoms with Gasteiger partial charge in [0.2, 0.25) is 0 Å². The summed E-state index contributed by atoms with van der Waals surface area (Å²) >= 11 is 3.41. The molecule has 3 atom stereocenters. The van der Waals surface area contributed by atoms with Crippen LogP contribution in [0.25, 0.3) is 0 Å². The van der Waals surface area contributed by atoms with Crippen LogP contribution in [-0.2, 0) is 10.8 Å². The van der Waals surface area contributed by atoms with Crippen LogP contribution < -0.4 is 5.32 Å². The van der Waals surface area contributed by atoms with E-state index in [9.17, 15) is 4.21 Å². The number of hydrogen-bond acceptors (Lipinski definition) is 2. The highest BCUT2D eigenvalue weighted by Gasteiger charge is 2.24. The smallest absolute Gasteiger partial charge is 0.0577 e. The second-order valence-electron chi connectivity index (χ2n) is 5.13. The van der Waals surface area contributed by atoms with Crippen molar-refractivity contribution in [1.29, 1.82) is 0 Å². The van der Waals surface area contributed by atoms with Gasteiger partial charge in [0.1, 0.15) is 0 Å². The lowest BCUT2D eigenvalue weighted by molar-refractivity contribution is 0.570. The molecule has 3 unspecified atom stereocenters. The summed E-state index contributed by atoms with van der Waals surface area (Å²) in [6, 6.07) is 16.1. The first-order valence-corrected chi connectivity index (χ1v) is 8.93. The Balaban J connectivity index is 2.23. The van der Waals surface area contributed by atoms with Crippen LogP contribution in [0.15, 0.2) is 57.9 Å². The number of nitrogens with one attached hydrogen (secondary N) is 1. The summed E-state index contributed by atoms with van der Waals surface area (Å²) in [5.41, 5.74) is 2.40. The SMILES string of the molecule is CNC(c1ccc(C)cc1)C(C)S(=O)c1ccc(Br)cc1. The fraction of sp³-hybridized carbons (Fsp3) is 0.294. The van der Waals surface area contributed by atoms with Crippen molar-refractivity contribution in [1.82, 2.24) is 5.32 Å². The van der Waals surface area contributed by atoms with Crippen molar-refractivity contribution in [3.05, 3.63) is 64.1 Å². The van der Waals surface area contributed by atoms with E-state index >= 15 is 0 Å². The van der Waals surface area contributed by atoms with E-state index in [1.54, 1.807) is 0 Å². The fourth-order valence-electron chi connectivity index (χ4n) is 2.35. The van der Waals surface area contributed by atoms with Crippen molar-refractivity contribution in [2.75, 3.05) is 7.05 Å². The van der Waals surface area contributed by atoms with Gasteiger partial charge in [-0.15, -0.1) is 0 Å². The fourth-order valence-corrected chi connectivity index (χ4v) is 3.99. The van der Waals surface area contributed by atoms with Crippen molar-refractivity contribution in [2.45, 2.75) is 30.0 Å². The summed E-state index contributed by atoms with van der Waals surface area (Å²) < 4.78 is 13.8. The largest absolute Gasteiger partial charge is 0.312 e. The Morgan fingerprint density at radius 2 is 1.62 bits per heavy atom. The Kier molecular flexibility index (Phi) is 5.73. The molecule has 2 aromatic rings. The molecule has 0 fully saturated rings. The molecule has 2 rings (SSSR count). The predicted molar refractivity (Wildman–Crippen MR) is 93.0 cm³/mol. The van der Waals surface area contributed by atoms with Crippen LogP contribution in [0.5, 0.6) is 0 Å². The van der Waals surface area contributed by atoms with Crippen LogP contribution in [0.3, 0.4) is 0 Å². The first-order chi connectivity index (χ1) is 10.0. The number of aryl methyl sites for hydroxylation is 1. The van der Waals surface area contributed by atoms with Crippen molar-refractivity contribution < 1.29 is 4.21 Å². The lowest BCUT2D eigenvalue weighted by Gasteiger charge is -2.23. The van der Waals surface area contributed by atoms with Crippen molar-refractivity contribution in [2.24, 2.45) is 0 Å². The number of benzene rings is 2. The number of halogens is 1. The van der Waals surface area contributed by atoms with Gasteiger partial charge in [-0.25, -0.2) is 0 Å². The molecule has 0 amide bonds. The van der Waals surface area contributed by atoms with Gasteiger partial charge in [0.05, 0.1) is 16.0 Å². The first kappa shape index (κ1) is 16.4. The quantitative estimate of drug-likeness (QED) is 0.859. The molecule has 0 radical (unpaired) electrons. The Hall–Kier alpha value is -0.970. The lowest BCUT2D eigenvalue weighted by Crippen LogP contribution is -2.30. The highest BCUT2D eigenvalue weighted by molar-refractivity contribution is 9.10. The normalized spacial score (nSPS) is 15.4. The second-order valence-corrected chi connectivity index (χ2v) is 7.86. The maximum absolute atomic E-state index is 12.8. The molecule has 0 heterocycles. The molecule has 0 saturated heterocycles. The van der Waals surface area contributed by atoms with E-state index in [4.69, 9.17) is 0 Å². The Bertz CT molecular complexity index is 610. The molecule has 0 aliphatic rings.